The molecule has 160 valence electrons. The van der Waals surface area contributed by atoms with Gasteiger partial charge in [-0.15, -0.1) is 0 Å². The van der Waals surface area contributed by atoms with Crippen LogP contribution in [0.4, 0.5) is 10.5 Å². The number of likely N-dealkylation sites (N-methyl/N-ethyl adjacent to an activating group) is 1. The van der Waals surface area contributed by atoms with Crippen LogP contribution in [0.15, 0.2) is 18.2 Å². The van der Waals surface area contributed by atoms with E-state index in [2.05, 4.69) is 16.3 Å². The fourth-order valence-electron chi connectivity index (χ4n) is 4.40. The van der Waals surface area contributed by atoms with Crippen molar-refractivity contribution in [3.05, 3.63) is 29.3 Å². The molecular formula is C20H31N5O3S. The zero-order valence-corrected chi connectivity index (χ0v) is 18.0. The van der Waals surface area contributed by atoms with Gasteiger partial charge in [-0.3, -0.25) is 0 Å². The summed E-state index contributed by atoms with van der Waals surface area (Å²) in [6.07, 6.45) is 4.43. The molecule has 2 aliphatic heterocycles. The van der Waals surface area contributed by atoms with E-state index < -0.39 is 10.2 Å². The summed E-state index contributed by atoms with van der Waals surface area (Å²) in [6.45, 7) is 4.06. The van der Waals surface area contributed by atoms with Crippen LogP contribution in [-0.2, 0) is 23.1 Å². The summed E-state index contributed by atoms with van der Waals surface area (Å²) in [5.74, 6) is 0. The second-order valence-electron chi connectivity index (χ2n) is 8.18. The van der Waals surface area contributed by atoms with Gasteiger partial charge in [0.25, 0.3) is 10.2 Å². The minimum absolute atomic E-state index is 0.138. The molecular weight excluding hydrogens is 390 g/mol. The third-order valence-electron chi connectivity index (χ3n) is 6.28. The van der Waals surface area contributed by atoms with Gasteiger partial charge in [0.15, 0.2) is 0 Å². The molecule has 0 aromatic heterocycles. The highest BCUT2D eigenvalue weighted by Gasteiger charge is 2.34. The number of benzene rings is 1. The van der Waals surface area contributed by atoms with E-state index in [-0.39, 0.29) is 6.03 Å². The van der Waals surface area contributed by atoms with Crippen LogP contribution in [0.5, 0.6) is 0 Å². The highest BCUT2D eigenvalue weighted by Crippen LogP contribution is 2.28. The Morgan fingerprint density at radius 2 is 1.52 bits per heavy atom. The van der Waals surface area contributed by atoms with Crippen LogP contribution < -0.4 is 5.32 Å². The summed E-state index contributed by atoms with van der Waals surface area (Å²) in [5.41, 5.74) is 3.49. The van der Waals surface area contributed by atoms with Gasteiger partial charge in [0.2, 0.25) is 0 Å². The molecule has 0 unspecified atom stereocenters. The molecule has 1 aliphatic carbocycles. The lowest BCUT2D eigenvalue weighted by Crippen LogP contribution is -2.57. The molecule has 8 nitrogen and oxygen atoms in total. The number of nitrogens with zero attached hydrogens (tertiary/aromatic N) is 4. The van der Waals surface area contributed by atoms with Crippen molar-refractivity contribution in [1.82, 2.24) is 18.4 Å². The Balaban J connectivity index is 1.34. The topological polar surface area (TPSA) is 76.2 Å². The van der Waals surface area contributed by atoms with E-state index in [1.54, 1.807) is 9.21 Å². The number of urea groups is 1. The number of amides is 2. The first-order chi connectivity index (χ1) is 13.9. The molecule has 0 atom stereocenters. The predicted molar refractivity (Wildman–Crippen MR) is 113 cm³/mol. The first kappa shape index (κ1) is 20.6. The molecule has 3 aliphatic rings. The largest absolute Gasteiger partial charge is 0.322 e. The van der Waals surface area contributed by atoms with E-state index >= 15 is 0 Å². The van der Waals surface area contributed by atoms with Crippen LogP contribution in [0.1, 0.15) is 24.0 Å². The number of carbonyl (C=O) groups is 1. The molecule has 2 fully saturated rings. The molecule has 1 aromatic carbocycles. The van der Waals surface area contributed by atoms with E-state index in [9.17, 15) is 13.2 Å². The molecule has 0 bridgehead atoms. The van der Waals surface area contributed by atoms with Crippen molar-refractivity contribution in [2.45, 2.75) is 25.7 Å². The number of aryl methyl sites for hydroxylation is 1. The molecule has 2 heterocycles. The second-order valence-corrected chi connectivity index (χ2v) is 10.1. The lowest BCUT2D eigenvalue weighted by Gasteiger charge is -2.39. The standard InChI is InChI=1S/C20H31N5O3S/c1-22-9-13-24(14-10-22)29(27,28)25-15-11-23(12-16-25)20(26)21-19-8-4-6-17-5-2-3-7-18(17)19/h4,6,8H,2-3,5,7,9-16H2,1H3,(H,21,26). The molecule has 2 saturated heterocycles. The summed E-state index contributed by atoms with van der Waals surface area (Å²) in [5, 5.41) is 3.06. The van der Waals surface area contributed by atoms with Gasteiger partial charge in [-0.1, -0.05) is 12.1 Å². The Morgan fingerprint density at radius 3 is 2.21 bits per heavy atom. The molecule has 1 aromatic rings. The Kier molecular flexibility index (Phi) is 6.10. The Bertz CT molecular complexity index is 844. The average molecular weight is 422 g/mol. The molecule has 4 rings (SSSR count). The Morgan fingerprint density at radius 1 is 0.897 bits per heavy atom. The van der Waals surface area contributed by atoms with Crippen molar-refractivity contribution < 1.29 is 13.2 Å². The summed E-state index contributed by atoms with van der Waals surface area (Å²) in [6, 6.07) is 5.98. The lowest BCUT2D eigenvalue weighted by atomic mass is 9.90. The maximum Gasteiger partial charge on any atom is 0.321 e. The van der Waals surface area contributed by atoms with Gasteiger partial charge in [0.1, 0.15) is 0 Å². The number of carbonyl (C=O) groups excluding carboxylic acids is 1. The van der Waals surface area contributed by atoms with Gasteiger partial charge in [0, 0.05) is 58.0 Å². The number of fused-ring (bicyclic) bond motifs is 1. The quantitative estimate of drug-likeness (QED) is 0.796. The first-order valence-electron chi connectivity index (χ1n) is 10.6. The first-order valence-corrected chi connectivity index (χ1v) is 12.0. The van der Waals surface area contributed by atoms with Crippen molar-refractivity contribution in [1.29, 1.82) is 0 Å². The highest BCUT2D eigenvalue weighted by atomic mass is 32.2. The van der Waals surface area contributed by atoms with Gasteiger partial charge in [-0.05, 0) is 49.9 Å². The van der Waals surface area contributed by atoms with E-state index in [1.165, 1.54) is 21.9 Å². The number of anilines is 1. The van der Waals surface area contributed by atoms with Crippen molar-refractivity contribution in [3.63, 3.8) is 0 Å². The summed E-state index contributed by atoms with van der Waals surface area (Å²) in [7, 11) is -1.44. The van der Waals surface area contributed by atoms with Crippen LogP contribution in [0.3, 0.4) is 0 Å². The van der Waals surface area contributed by atoms with Crippen LogP contribution in [0.2, 0.25) is 0 Å². The van der Waals surface area contributed by atoms with Crippen molar-refractivity contribution in [3.8, 4) is 0 Å². The summed E-state index contributed by atoms with van der Waals surface area (Å²) < 4.78 is 28.9. The number of rotatable bonds is 3. The number of hydrogen-bond donors (Lipinski definition) is 1. The zero-order valence-electron chi connectivity index (χ0n) is 17.1. The number of hydrogen-bond acceptors (Lipinski definition) is 4. The number of nitrogens with one attached hydrogen (secondary N) is 1. The van der Waals surface area contributed by atoms with Crippen molar-refractivity contribution in [2.75, 3.05) is 64.7 Å². The van der Waals surface area contributed by atoms with E-state index in [0.29, 0.717) is 39.3 Å². The fourth-order valence-corrected chi connectivity index (χ4v) is 5.97. The smallest absolute Gasteiger partial charge is 0.321 e. The predicted octanol–water partition coefficient (Wildman–Crippen LogP) is 1.21. The fraction of sp³-hybridized carbons (Fsp3) is 0.650. The minimum Gasteiger partial charge on any atom is -0.322 e. The van der Waals surface area contributed by atoms with Gasteiger partial charge in [-0.2, -0.15) is 17.0 Å². The maximum atomic E-state index is 12.9. The Labute approximate surface area is 173 Å². The maximum absolute atomic E-state index is 12.9. The van der Waals surface area contributed by atoms with Crippen LogP contribution in [0, 0.1) is 0 Å². The third kappa shape index (κ3) is 4.42. The molecule has 0 saturated carbocycles. The normalized spacial score (nSPS) is 22.3. The van der Waals surface area contributed by atoms with Gasteiger partial charge in [-0.25, -0.2) is 4.79 Å². The average Bonchev–Trinajstić information content (AvgIpc) is 2.74. The van der Waals surface area contributed by atoms with Gasteiger partial charge >= 0.3 is 6.03 Å². The molecule has 9 heteroatoms. The second kappa shape index (κ2) is 8.59. The summed E-state index contributed by atoms with van der Waals surface area (Å²) in [4.78, 5) is 16.6. The third-order valence-corrected chi connectivity index (χ3v) is 8.31. The minimum atomic E-state index is -3.45. The Hall–Kier alpha value is -1.68. The lowest BCUT2D eigenvalue weighted by molar-refractivity contribution is 0.173. The molecule has 0 spiro atoms. The van der Waals surface area contributed by atoms with E-state index in [1.807, 2.05) is 19.2 Å². The highest BCUT2D eigenvalue weighted by molar-refractivity contribution is 7.86. The molecule has 29 heavy (non-hydrogen) atoms. The zero-order chi connectivity index (χ0) is 20.4. The molecule has 2 amide bonds. The number of piperazine rings is 2. The van der Waals surface area contributed by atoms with Crippen LogP contribution >= 0.6 is 0 Å². The SMILES string of the molecule is CN1CCN(S(=O)(=O)N2CCN(C(=O)Nc3cccc4c3CCCC4)CC2)CC1. The summed E-state index contributed by atoms with van der Waals surface area (Å²) >= 11 is 0. The van der Waals surface area contributed by atoms with E-state index in [4.69, 9.17) is 0 Å². The monoisotopic (exact) mass is 421 g/mol. The molecule has 1 N–H and O–H groups in total. The van der Waals surface area contributed by atoms with Crippen LogP contribution in [0.25, 0.3) is 0 Å². The van der Waals surface area contributed by atoms with Crippen LogP contribution in [-0.4, -0.2) is 92.3 Å². The van der Waals surface area contributed by atoms with Gasteiger partial charge < -0.3 is 15.1 Å². The molecule has 0 radical (unpaired) electrons. The van der Waals surface area contributed by atoms with Crippen molar-refractivity contribution in [2.24, 2.45) is 0 Å². The van der Waals surface area contributed by atoms with E-state index in [0.717, 1.165) is 38.0 Å². The van der Waals surface area contributed by atoms with Crippen molar-refractivity contribution >= 4 is 21.9 Å². The van der Waals surface area contributed by atoms with Gasteiger partial charge in [0.05, 0.1) is 0 Å².